The summed E-state index contributed by atoms with van der Waals surface area (Å²) in [5, 5.41) is 9.12. The Balaban J connectivity index is 3.13. The molecule has 2 nitrogen and oxygen atoms in total. The molecular weight excluding hydrogens is 263 g/mol. The van der Waals surface area contributed by atoms with Gasteiger partial charge in [-0.05, 0) is 28.9 Å². The van der Waals surface area contributed by atoms with Crippen molar-refractivity contribution in [1.82, 2.24) is 4.98 Å². The van der Waals surface area contributed by atoms with Gasteiger partial charge in [0.25, 0.3) is 0 Å². The maximum Gasteiger partial charge on any atom is 0.417 e. The monoisotopic (exact) mass is 269 g/mol. The molecule has 0 fully saturated rings. The Bertz CT molecular complexity index is 338. The highest BCUT2D eigenvalue weighted by molar-refractivity contribution is 9.10. The highest BCUT2D eigenvalue weighted by atomic mass is 79.9. The summed E-state index contributed by atoms with van der Waals surface area (Å²) in [4.78, 5) is 3.53. The lowest BCUT2D eigenvalue weighted by Crippen LogP contribution is -2.07. The molecule has 0 spiro atoms. The molecule has 1 atom stereocenters. The van der Waals surface area contributed by atoms with E-state index in [1.165, 1.54) is 6.92 Å². The summed E-state index contributed by atoms with van der Waals surface area (Å²) >= 11 is 2.92. The highest BCUT2D eigenvalue weighted by Gasteiger charge is 2.31. The third kappa shape index (κ3) is 2.45. The lowest BCUT2D eigenvalue weighted by molar-refractivity contribution is -0.137. The summed E-state index contributed by atoms with van der Waals surface area (Å²) in [5.74, 6) is 0. The van der Waals surface area contributed by atoms with Gasteiger partial charge in [-0.1, -0.05) is 0 Å². The van der Waals surface area contributed by atoms with Gasteiger partial charge in [-0.2, -0.15) is 13.2 Å². The van der Waals surface area contributed by atoms with Crippen LogP contribution in [-0.4, -0.2) is 10.1 Å². The highest BCUT2D eigenvalue weighted by Crippen LogP contribution is 2.32. The Kier molecular flexibility index (Phi) is 3.16. The topological polar surface area (TPSA) is 33.1 Å². The normalized spacial score (nSPS) is 14.1. The van der Waals surface area contributed by atoms with Gasteiger partial charge in [0.15, 0.2) is 0 Å². The van der Waals surface area contributed by atoms with Crippen LogP contribution >= 0.6 is 15.9 Å². The molecule has 1 rings (SSSR count). The van der Waals surface area contributed by atoms with Crippen LogP contribution in [0.5, 0.6) is 0 Å². The number of aliphatic hydroxyl groups excluding tert-OH is 1. The van der Waals surface area contributed by atoms with Gasteiger partial charge in [-0.3, -0.25) is 4.98 Å². The SMILES string of the molecule is CC(O)c1ncc(C(F)(F)F)cc1Br. The van der Waals surface area contributed by atoms with Crippen LogP contribution in [0, 0.1) is 0 Å². The standard InChI is InChI=1S/C8H7BrF3NO/c1-4(14)7-6(9)2-5(3-13-7)8(10,11)12/h2-4,14H,1H3. The van der Waals surface area contributed by atoms with Crippen molar-refractivity contribution in [2.24, 2.45) is 0 Å². The number of alkyl halides is 3. The summed E-state index contributed by atoms with van der Waals surface area (Å²) < 4.78 is 36.7. The summed E-state index contributed by atoms with van der Waals surface area (Å²) in [6.45, 7) is 1.43. The average molecular weight is 270 g/mol. The summed E-state index contributed by atoms with van der Waals surface area (Å²) in [5.41, 5.74) is -0.647. The number of hydrogen-bond acceptors (Lipinski definition) is 2. The minimum absolute atomic E-state index is 0.155. The molecule has 1 aromatic heterocycles. The van der Waals surface area contributed by atoms with Gasteiger partial charge in [-0.25, -0.2) is 0 Å². The molecule has 0 bridgehead atoms. The molecule has 0 aliphatic carbocycles. The fraction of sp³-hybridized carbons (Fsp3) is 0.375. The Morgan fingerprint density at radius 2 is 2.07 bits per heavy atom. The molecule has 78 valence electrons. The summed E-state index contributed by atoms with van der Waals surface area (Å²) in [7, 11) is 0. The van der Waals surface area contributed by atoms with Crippen LogP contribution in [0.1, 0.15) is 24.3 Å². The molecule has 0 amide bonds. The summed E-state index contributed by atoms with van der Waals surface area (Å²) in [6.07, 6.45) is -4.61. The first-order valence-corrected chi connectivity index (χ1v) is 4.52. The molecule has 0 saturated carbocycles. The first-order valence-electron chi connectivity index (χ1n) is 3.73. The molecule has 0 radical (unpaired) electrons. The minimum Gasteiger partial charge on any atom is -0.387 e. The molecule has 1 N–H and O–H groups in total. The molecule has 6 heteroatoms. The number of aliphatic hydroxyl groups is 1. The third-order valence-electron chi connectivity index (χ3n) is 1.59. The molecule has 0 aliphatic rings. The molecule has 14 heavy (non-hydrogen) atoms. The van der Waals surface area contributed by atoms with E-state index in [2.05, 4.69) is 20.9 Å². The van der Waals surface area contributed by atoms with Crippen LogP contribution < -0.4 is 0 Å². The second-order valence-electron chi connectivity index (χ2n) is 2.76. The second-order valence-corrected chi connectivity index (χ2v) is 3.62. The van der Waals surface area contributed by atoms with Gasteiger partial charge < -0.3 is 5.11 Å². The predicted octanol–water partition coefficient (Wildman–Crippen LogP) is 2.92. The molecule has 1 heterocycles. The Morgan fingerprint density at radius 1 is 1.50 bits per heavy atom. The molecule has 0 saturated heterocycles. The predicted molar refractivity (Wildman–Crippen MR) is 47.6 cm³/mol. The second kappa shape index (κ2) is 3.86. The number of halogens is 4. The van der Waals surface area contributed by atoms with Gasteiger partial charge >= 0.3 is 6.18 Å². The van der Waals surface area contributed by atoms with E-state index in [9.17, 15) is 13.2 Å². The van der Waals surface area contributed by atoms with E-state index in [-0.39, 0.29) is 10.2 Å². The van der Waals surface area contributed by atoms with Crippen molar-refractivity contribution in [3.63, 3.8) is 0 Å². The van der Waals surface area contributed by atoms with Gasteiger partial charge in [0.1, 0.15) is 0 Å². The first-order chi connectivity index (χ1) is 6.32. The van der Waals surface area contributed by atoms with Crippen LogP contribution in [0.2, 0.25) is 0 Å². The Labute approximate surface area is 86.9 Å². The fourth-order valence-electron chi connectivity index (χ4n) is 0.911. The van der Waals surface area contributed by atoms with Crippen molar-refractivity contribution in [3.05, 3.63) is 28.0 Å². The molecular formula is C8H7BrF3NO. The zero-order chi connectivity index (χ0) is 10.9. The van der Waals surface area contributed by atoms with Crippen molar-refractivity contribution in [2.45, 2.75) is 19.2 Å². The van der Waals surface area contributed by atoms with E-state index >= 15 is 0 Å². The van der Waals surface area contributed by atoms with E-state index in [4.69, 9.17) is 5.11 Å². The average Bonchev–Trinajstić information content (AvgIpc) is 2.01. The van der Waals surface area contributed by atoms with Gasteiger partial charge in [0.05, 0.1) is 17.4 Å². The smallest absolute Gasteiger partial charge is 0.387 e. The van der Waals surface area contributed by atoms with Crippen LogP contribution in [0.25, 0.3) is 0 Å². The molecule has 1 aromatic rings. The van der Waals surface area contributed by atoms with Crippen molar-refractivity contribution < 1.29 is 18.3 Å². The number of pyridine rings is 1. The Morgan fingerprint density at radius 3 is 2.43 bits per heavy atom. The largest absolute Gasteiger partial charge is 0.417 e. The van der Waals surface area contributed by atoms with Crippen LogP contribution in [-0.2, 0) is 6.18 Å². The number of aromatic nitrogens is 1. The first kappa shape index (κ1) is 11.5. The molecule has 0 aromatic carbocycles. The minimum atomic E-state index is -4.41. The van der Waals surface area contributed by atoms with E-state index in [1.807, 2.05) is 0 Å². The third-order valence-corrected chi connectivity index (χ3v) is 2.23. The van der Waals surface area contributed by atoms with Gasteiger partial charge in [-0.15, -0.1) is 0 Å². The van der Waals surface area contributed by atoms with Crippen LogP contribution in [0.3, 0.4) is 0 Å². The van der Waals surface area contributed by atoms with E-state index in [0.717, 1.165) is 6.07 Å². The zero-order valence-corrected chi connectivity index (χ0v) is 8.72. The Hall–Kier alpha value is -0.620. The maximum absolute atomic E-state index is 12.2. The van der Waals surface area contributed by atoms with Crippen molar-refractivity contribution >= 4 is 15.9 Å². The van der Waals surface area contributed by atoms with Crippen LogP contribution in [0.4, 0.5) is 13.2 Å². The summed E-state index contributed by atoms with van der Waals surface area (Å²) in [6, 6.07) is 0.898. The lowest BCUT2D eigenvalue weighted by atomic mass is 10.2. The molecule has 1 unspecified atom stereocenters. The van der Waals surface area contributed by atoms with Crippen molar-refractivity contribution in [3.8, 4) is 0 Å². The van der Waals surface area contributed by atoms with Crippen molar-refractivity contribution in [1.29, 1.82) is 0 Å². The van der Waals surface area contributed by atoms with Gasteiger partial charge in [0.2, 0.25) is 0 Å². The lowest BCUT2D eigenvalue weighted by Gasteiger charge is -2.10. The van der Waals surface area contributed by atoms with Crippen molar-refractivity contribution in [2.75, 3.05) is 0 Å². The van der Waals surface area contributed by atoms with E-state index in [1.54, 1.807) is 0 Å². The number of rotatable bonds is 1. The molecule has 0 aliphatic heterocycles. The number of hydrogen-bond donors (Lipinski definition) is 1. The van der Waals surface area contributed by atoms with E-state index < -0.39 is 17.8 Å². The van der Waals surface area contributed by atoms with E-state index in [0.29, 0.717) is 6.20 Å². The van der Waals surface area contributed by atoms with Gasteiger partial charge in [0, 0.05) is 10.7 Å². The maximum atomic E-state index is 12.2. The quantitative estimate of drug-likeness (QED) is 0.851. The fourth-order valence-corrected chi connectivity index (χ4v) is 1.59. The zero-order valence-electron chi connectivity index (χ0n) is 7.14. The van der Waals surface area contributed by atoms with Crippen LogP contribution in [0.15, 0.2) is 16.7 Å². The number of nitrogens with zero attached hydrogens (tertiary/aromatic N) is 1.